The molecule has 39 heavy (non-hydrogen) atoms. The molecule has 0 aliphatic heterocycles. The summed E-state index contributed by atoms with van der Waals surface area (Å²) in [6.45, 7) is 1.06. The van der Waals surface area contributed by atoms with Crippen molar-refractivity contribution in [1.82, 2.24) is 14.4 Å². The Labute approximate surface area is 224 Å². The van der Waals surface area contributed by atoms with Gasteiger partial charge in [0, 0.05) is 36.4 Å². The second kappa shape index (κ2) is 11.5. The Morgan fingerprint density at radius 3 is 2.56 bits per heavy atom. The van der Waals surface area contributed by atoms with Crippen molar-refractivity contribution in [3.63, 3.8) is 0 Å². The molecule has 3 aromatic carbocycles. The molecule has 0 saturated heterocycles. The lowest BCUT2D eigenvalue weighted by Gasteiger charge is -2.10. The van der Waals surface area contributed by atoms with Crippen LogP contribution in [0.1, 0.15) is 0 Å². The van der Waals surface area contributed by atoms with Gasteiger partial charge in [-0.15, -0.1) is 0 Å². The Hall–Kier alpha value is -4.52. The lowest BCUT2D eigenvalue weighted by Crippen LogP contribution is -2.18. The summed E-state index contributed by atoms with van der Waals surface area (Å²) in [5.41, 5.74) is 7.64. The van der Waals surface area contributed by atoms with Crippen molar-refractivity contribution < 1.29 is 22.7 Å². The number of carbonyl (C=O) groups excluding carboxylic acids is 1. The summed E-state index contributed by atoms with van der Waals surface area (Å²) in [7, 11) is -3.99. The maximum Gasteiger partial charge on any atom is 0.411 e. The summed E-state index contributed by atoms with van der Waals surface area (Å²) >= 11 is 0. The summed E-state index contributed by atoms with van der Waals surface area (Å²) < 4.78 is 40.6. The number of rotatable bonds is 10. The van der Waals surface area contributed by atoms with Crippen molar-refractivity contribution in [3.05, 3.63) is 85.3 Å². The molecule has 2 heterocycles. The van der Waals surface area contributed by atoms with Crippen LogP contribution in [0.3, 0.4) is 0 Å². The molecule has 0 aliphatic rings. The number of benzene rings is 3. The van der Waals surface area contributed by atoms with E-state index in [9.17, 15) is 13.2 Å². The highest BCUT2D eigenvalue weighted by atomic mass is 32.2. The number of nitrogens with one attached hydrogen (secondary N) is 2. The number of anilines is 2. The molecule has 11 nitrogen and oxygen atoms in total. The van der Waals surface area contributed by atoms with Crippen LogP contribution in [0.25, 0.3) is 27.7 Å². The van der Waals surface area contributed by atoms with E-state index in [1.54, 1.807) is 10.6 Å². The first-order chi connectivity index (χ1) is 18.9. The van der Waals surface area contributed by atoms with Gasteiger partial charge in [0.25, 0.3) is 10.0 Å². The van der Waals surface area contributed by atoms with E-state index in [4.69, 9.17) is 15.2 Å². The molecule has 1 amide bonds. The molecule has 12 heteroatoms. The number of hydrogen-bond acceptors (Lipinski definition) is 8. The maximum absolute atomic E-state index is 13.1. The second-order valence-corrected chi connectivity index (χ2v) is 10.2. The number of aromatic nitrogens is 3. The minimum absolute atomic E-state index is 0.0123. The first-order valence-corrected chi connectivity index (χ1v) is 13.6. The smallest absolute Gasteiger partial charge is 0.411 e. The SMILES string of the molecule is NCCOCCOC(=O)Nc1ccc(S(=O)(=O)Nc2nccn3cc(-c4ccc5ccccc5c4)nc23)cc1. The molecule has 0 bridgehead atoms. The van der Waals surface area contributed by atoms with E-state index < -0.39 is 16.1 Å². The summed E-state index contributed by atoms with van der Waals surface area (Å²) in [6.07, 6.45) is 4.34. The van der Waals surface area contributed by atoms with Crippen molar-refractivity contribution in [2.75, 3.05) is 36.4 Å². The van der Waals surface area contributed by atoms with Crippen LogP contribution in [0.2, 0.25) is 0 Å². The summed E-state index contributed by atoms with van der Waals surface area (Å²) in [5.74, 6) is 0.0900. The third kappa shape index (κ3) is 6.14. The number of imidazole rings is 1. The number of sulfonamides is 1. The van der Waals surface area contributed by atoms with Gasteiger partial charge in [0.1, 0.15) is 6.61 Å². The van der Waals surface area contributed by atoms with Crippen molar-refractivity contribution >= 4 is 44.0 Å². The molecular formula is C27H26N6O5S. The van der Waals surface area contributed by atoms with Crippen molar-refractivity contribution in [1.29, 1.82) is 0 Å². The van der Waals surface area contributed by atoms with Gasteiger partial charge in [-0.3, -0.25) is 10.0 Å². The van der Waals surface area contributed by atoms with Crippen LogP contribution in [-0.4, -0.2) is 55.2 Å². The lowest BCUT2D eigenvalue weighted by atomic mass is 10.1. The van der Waals surface area contributed by atoms with Crippen molar-refractivity contribution in [2.45, 2.75) is 4.90 Å². The van der Waals surface area contributed by atoms with E-state index >= 15 is 0 Å². The van der Waals surface area contributed by atoms with Crippen LogP contribution in [0.5, 0.6) is 0 Å². The molecule has 200 valence electrons. The molecule has 2 aromatic heterocycles. The zero-order valence-corrected chi connectivity index (χ0v) is 21.6. The Kier molecular flexibility index (Phi) is 7.68. The fourth-order valence-corrected chi connectivity index (χ4v) is 4.93. The number of hydrogen-bond donors (Lipinski definition) is 3. The average molecular weight is 547 g/mol. The van der Waals surface area contributed by atoms with Gasteiger partial charge >= 0.3 is 6.09 Å². The number of nitrogens with zero attached hydrogens (tertiary/aromatic N) is 3. The van der Waals surface area contributed by atoms with Gasteiger partial charge in [0.15, 0.2) is 11.5 Å². The topological polar surface area (TPSA) is 150 Å². The number of amides is 1. The monoisotopic (exact) mass is 546 g/mol. The maximum atomic E-state index is 13.1. The van der Waals surface area contributed by atoms with Gasteiger partial charge in [-0.05, 0) is 41.1 Å². The molecule has 5 rings (SSSR count). The normalized spacial score (nSPS) is 11.5. The van der Waals surface area contributed by atoms with E-state index in [2.05, 4.69) is 20.0 Å². The molecular weight excluding hydrogens is 520 g/mol. The van der Waals surface area contributed by atoms with Gasteiger partial charge in [-0.2, -0.15) is 0 Å². The standard InChI is InChI=1S/C27H26N6O5S/c28-11-14-37-15-16-38-27(34)30-22-7-9-23(10-8-22)39(35,36)32-25-26-31-24(18-33(26)13-12-29-25)21-6-5-19-3-1-2-4-20(19)17-21/h1-10,12-13,17-18H,11,14-16,28H2,(H,29,32)(H,30,34). The number of carbonyl (C=O) groups is 1. The van der Waals surface area contributed by atoms with E-state index in [0.717, 1.165) is 16.3 Å². The molecule has 0 spiro atoms. The third-order valence-corrected chi connectivity index (χ3v) is 7.14. The predicted molar refractivity (Wildman–Crippen MR) is 148 cm³/mol. The lowest BCUT2D eigenvalue weighted by molar-refractivity contribution is 0.0821. The fraction of sp³-hybridized carbons (Fsp3) is 0.148. The first kappa shape index (κ1) is 26.1. The molecule has 0 aliphatic carbocycles. The van der Waals surface area contributed by atoms with Crippen LogP contribution in [-0.2, 0) is 19.5 Å². The Morgan fingerprint density at radius 2 is 1.77 bits per heavy atom. The van der Waals surface area contributed by atoms with Gasteiger partial charge in [-0.1, -0.05) is 36.4 Å². The number of nitrogens with two attached hydrogens (primary N) is 1. The molecule has 0 radical (unpaired) electrons. The minimum atomic E-state index is -3.99. The summed E-state index contributed by atoms with van der Waals surface area (Å²) in [4.78, 5) is 20.8. The molecule has 0 unspecified atom stereocenters. The quantitative estimate of drug-likeness (QED) is 0.223. The van der Waals surface area contributed by atoms with Crippen LogP contribution < -0.4 is 15.8 Å². The number of ether oxygens (including phenoxy) is 2. The van der Waals surface area contributed by atoms with Crippen LogP contribution >= 0.6 is 0 Å². The van der Waals surface area contributed by atoms with E-state index in [1.165, 1.54) is 30.5 Å². The minimum Gasteiger partial charge on any atom is -0.447 e. The van der Waals surface area contributed by atoms with Crippen molar-refractivity contribution in [3.8, 4) is 11.3 Å². The molecule has 0 atom stereocenters. The molecule has 5 aromatic rings. The molecule has 0 saturated carbocycles. The predicted octanol–water partition coefficient (Wildman–Crippen LogP) is 3.87. The van der Waals surface area contributed by atoms with Crippen LogP contribution in [0.4, 0.5) is 16.3 Å². The largest absolute Gasteiger partial charge is 0.447 e. The highest BCUT2D eigenvalue weighted by molar-refractivity contribution is 7.92. The van der Waals surface area contributed by atoms with Gasteiger partial charge in [-0.25, -0.2) is 23.2 Å². The van der Waals surface area contributed by atoms with Gasteiger partial charge in [0.2, 0.25) is 0 Å². The van der Waals surface area contributed by atoms with E-state index in [0.29, 0.717) is 30.2 Å². The van der Waals surface area contributed by atoms with Crippen LogP contribution in [0.15, 0.2) is 90.2 Å². The van der Waals surface area contributed by atoms with Crippen LogP contribution in [0, 0.1) is 0 Å². The van der Waals surface area contributed by atoms with E-state index in [1.807, 2.05) is 48.7 Å². The summed E-state index contributed by atoms with van der Waals surface area (Å²) in [5, 5.41) is 4.73. The number of fused-ring (bicyclic) bond motifs is 2. The Balaban J connectivity index is 1.29. The Morgan fingerprint density at radius 1 is 0.974 bits per heavy atom. The second-order valence-electron chi connectivity index (χ2n) is 8.49. The third-order valence-electron chi connectivity index (χ3n) is 5.79. The average Bonchev–Trinajstić information content (AvgIpc) is 3.38. The summed E-state index contributed by atoms with van der Waals surface area (Å²) in [6, 6.07) is 19.7. The highest BCUT2D eigenvalue weighted by Gasteiger charge is 2.19. The van der Waals surface area contributed by atoms with Gasteiger partial charge < -0.3 is 19.6 Å². The fourth-order valence-electron chi connectivity index (χ4n) is 3.92. The Bertz CT molecular complexity index is 1720. The zero-order chi connectivity index (χ0) is 27.2. The first-order valence-electron chi connectivity index (χ1n) is 12.1. The molecule has 0 fully saturated rings. The van der Waals surface area contributed by atoms with E-state index in [-0.39, 0.29) is 23.9 Å². The van der Waals surface area contributed by atoms with Gasteiger partial charge in [0.05, 0.1) is 23.8 Å². The molecule has 4 N–H and O–H groups in total. The van der Waals surface area contributed by atoms with Crippen molar-refractivity contribution in [2.24, 2.45) is 5.73 Å². The highest BCUT2D eigenvalue weighted by Crippen LogP contribution is 2.26. The zero-order valence-electron chi connectivity index (χ0n) is 20.8.